The minimum atomic E-state index is -0.220. The van der Waals surface area contributed by atoms with Crippen LogP contribution in [0, 0.1) is 0 Å². The molecule has 4 rings (SSSR count). The first-order chi connectivity index (χ1) is 12.3. The molecule has 0 unspecified atom stereocenters. The lowest BCUT2D eigenvalue weighted by Crippen LogP contribution is -2.23. The van der Waals surface area contributed by atoms with Crippen molar-refractivity contribution in [2.45, 2.75) is 19.9 Å². The Balaban J connectivity index is 2.08. The van der Waals surface area contributed by atoms with E-state index >= 15 is 0 Å². The van der Waals surface area contributed by atoms with E-state index in [4.69, 9.17) is 4.52 Å². The van der Waals surface area contributed by atoms with Crippen molar-refractivity contribution in [1.82, 2.24) is 14.9 Å². The van der Waals surface area contributed by atoms with E-state index in [1.165, 1.54) is 4.68 Å². The number of aryl methyl sites for hydroxylation is 1. The molecule has 0 saturated heterocycles. The van der Waals surface area contributed by atoms with Crippen molar-refractivity contribution in [3.8, 4) is 22.6 Å². The summed E-state index contributed by atoms with van der Waals surface area (Å²) in [5.41, 5.74) is 2.61. The molecule has 0 bridgehead atoms. The van der Waals surface area contributed by atoms with Gasteiger partial charge in [0.1, 0.15) is 5.69 Å². The van der Waals surface area contributed by atoms with Gasteiger partial charge in [-0.15, -0.1) is 0 Å². The Morgan fingerprint density at radius 3 is 2.24 bits per heavy atom. The molecule has 0 spiro atoms. The van der Waals surface area contributed by atoms with Crippen LogP contribution in [0.2, 0.25) is 0 Å². The monoisotopic (exact) mass is 331 g/mol. The number of hydrogen-bond donors (Lipinski definition) is 0. The molecule has 5 heteroatoms. The predicted octanol–water partition coefficient (Wildman–Crippen LogP) is 4.13. The molecular formula is C20H17N3O2. The number of fused-ring (bicyclic) bond motifs is 1. The Morgan fingerprint density at radius 1 is 0.960 bits per heavy atom. The quantitative estimate of drug-likeness (QED) is 0.564. The fourth-order valence-corrected chi connectivity index (χ4v) is 2.94. The van der Waals surface area contributed by atoms with Crippen molar-refractivity contribution in [2.75, 3.05) is 0 Å². The van der Waals surface area contributed by atoms with Crippen molar-refractivity contribution in [1.29, 1.82) is 0 Å². The molecule has 124 valence electrons. The largest absolute Gasteiger partial charge is 0.355 e. The zero-order chi connectivity index (χ0) is 17.2. The van der Waals surface area contributed by atoms with E-state index in [1.807, 2.05) is 67.6 Å². The average Bonchev–Trinajstić information content (AvgIpc) is 3.11. The summed E-state index contributed by atoms with van der Waals surface area (Å²) in [5, 5.41) is 9.36. The second-order valence-electron chi connectivity index (χ2n) is 5.84. The van der Waals surface area contributed by atoms with Gasteiger partial charge in [0.25, 0.3) is 5.56 Å². The molecule has 0 atom stereocenters. The summed E-state index contributed by atoms with van der Waals surface area (Å²) in [5.74, 6) is 0.572. The van der Waals surface area contributed by atoms with E-state index in [-0.39, 0.29) is 5.56 Å². The van der Waals surface area contributed by atoms with Crippen LogP contribution in [0.1, 0.15) is 13.3 Å². The predicted molar refractivity (Wildman–Crippen MR) is 97.2 cm³/mol. The molecule has 0 fully saturated rings. The van der Waals surface area contributed by atoms with Gasteiger partial charge in [0.05, 0.1) is 5.39 Å². The molecule has 0 saturated carbocycles. The van der Waals surface area contributed by atoms with Gasteiger partial charge in [0, 0.05) is 17.7 Å². The van der Waals surface area contributed by atoms with Crippen LogP contribution in [0.5, 0.6) is 0 Å². The van der Waals surface area contributed by atoms with Crippen molar-refractivity contribution in [3.05, 3.63) is 71.0 Å². The minimum absolute atomic E-state index is 0.220. The van der Waals surface area contributed by atoms with Crippen molar-refractivity contribution >= 4 is 10.9 Å². The highest BCUT2D eigenvalue weighted by Gasteiger charge is 2.21. The molecule has 2 aromatic heterocycles. The zero-order valence-corrected chi connectivity index (χ0v) is 13.8. The van der Waals surface area contributed by atoms with Crippen LogP contribution < -0.4 is 5.56 Å². The van der Waals surface area contributed by atoms with Crippen molar-refractivity contribution in [2.24, 2.45) is 0 Å². The molecular weight excluding hydrogens is 314 g/mol. The molecule has 4 aromatic rings. The lowest BCUT2D eigenvalue weighted by atomic mass is 10.0. The van der Waals surface area contributed by atoms with Crippen LogP contribution >= 0.6 is 0 Å². The topological polar surface area (TPSA) is 60.9 Å². The van der Waals surface area contributed by atoms with Gasteiger partial charge < -0.3 is 4.52 Å². The number of aromatic nitrogens is 3. The first-order valence-electron chi connectivity index (χ1n) is 8.31. The zero-order valence-electron chi connectivity index (χ0n) is 13.8. The summed E-state index contributed by atoms with van der Waals surface area (Å²) in [4.78, 5) is 12.7. The summed E-state index contributed by atoms with van der Waals surface area (Å²) in [6.07, 6.45) is 0.816. The summed E-state index contributed by atoms with van der Waals surface area (Å²) in [6.45, 7) is 2.56. The molecule has 2 heterocycles. The molecule has 0 aliphatic rings. The van der Waals surface area contributed by atoms with Crippen LogP contribution in [0.4, 0.5) is 0 Å². The van der Waals surface area contributed by atoms with E-state index in [0.717, 1.165) is 17.5 Å². The maximum absolute atomic E-state index is 12.7. The lowest BCUT2D eigenvalue weighted by Gasteiger charge is -2.08. The van der Waals surface area contributed by atoms with Crippen molar-refractivity contribution in [3.63, 3.8) is 0 Å². The Morgan fingerprint density at radius 2 is 1.60 bits per heavy atom. The minimum Gasteiger partial charge on any atom is -0.355 e. The first kappa shape index (κ1) is 15.3. The van der Waals surface area contributed by atoms with Gasteiger partial charge in [0.2, 0.25) is 0 Å². The molecule has 5 nitrogen and oxygen atoms in total. The Kier molecular flexibility index (Phi) is 3.90. The highest BCUT2D eigenvalue weighted by molar-refractivity contribution is 6.00. The van der Waals surface area contributed by atoms with E-state index < -0.39 is 0 Å². The van der Waals surface area contributed by atoms with Crippen LogP contribution in [-0.2, 0) is 6.54 Å². The molecule has 2 aromatic carbocycles. The van der Waals surface area contributed by atoms with E-state index in [1.54, 1.807) is 0 Å². The maximum Gasteiger partial charge on any atom is 0.296 e. The highest BCUT2D eigenvalue weighted by Crippen LogP contribution is 2.33. The second-order valence-corrected chi connectivity index (χ2v) is 5.84. The van der Waals surface area contributed by atoms with Crippen LogP contribution in [-0.4, -0.2) is 14.9 Å². The first-order valence-corrected chi connectivity index (χ1v) is 8.31. The third kappa shape index (κ3) is 2.63. The highest BCUT2D eigenvalue weighted by atomic mass is 16.5. The summed E-state index contributed by atoms with van der Waals surface area (Å²) < 4.78 is 7.05. The van der Waals surface area contributed by atoms with Gasteiger partial charge in [-0.25, -0.2) is 4.68 Å². The molecule has 0 N–H and O–H groups in total. The molecule has 0 amide bonds. The molecule has 0 aliphatic heterocycles. The summed E-state index contributed by atoms with van der Waals surface area (Å²) >= 11 is 0. The van der Waals surface area contributed by atoms with E-state index in [9.17, 15) is 4.79 Å². The fourth-order valence-electron chi connectivity index (χ4n) is 2.94. The van der Waals surface area contributed by atoms with Gasteiger partial charge in [-0.3, -0.25) is 4.79 Å². The summed E-state index contributed by atoms with van der Waals surface area (Å²) in [7, 11) is 0. The second kappa shape index (κ2) is 6.36. The van der Waals surface area contributed by atoms with Gasteiger partial charge >= 0.3 is 0 Å². The Hall–Kier alpha value is -3.21. The SMILES string of the molecule is CCCn1nc(-c2ccccc2)c2c(-c3ccccc3)onc2c1=O. The van der Waals surface area contributed by atoms with Crippen LogP contribution in [0.15, 0.2) is 70.0 Å². The smallest absolute Gasteiger partial charge is 0.296 e. The van der Waals surface area contributed by atoms with Gasteiger partial charge in [-0.1, -0.05) is 72.7 Å². The average molecular weight is 331 g/mol. The van der Waals surface area contributed by atoms with Crippen LogP contribution in [0.25, 0.3) is 33.5 Å². The normalized spacial score (nSPS) is 11.1. The molecule has 0 radical (unpaired) electrons. The van der Waals surface area contributed by atoms with Crippen LogP contribution in [0.3, 0.4) is 0 Å². The third-order valence-electron chi connectivity index (χ3n) is 4.11. The fraction of sp³-hybridized carbons (Fsp3) is 0.150. The maximum atomic E-state index is 12.7. The third-order valence-corrected chi connectivity index (χ3v) is 4.11. The number of benzene rings is 2. The Bertz CT molecular complexity index is 1070. The van der Waals surface area contributed by atoms with Gasteiger partial charge in [-0.05, 0) is 6.42 Å². The number of nitrogens with zero attached hydrogens (tertiary/aromatic N) is 3. The molecule has 0 aliphatic carbocycles. The number of hydrogen-bond acceptors (Lipinski definition) is 4. The lowest BCUT2D eigenvalue weighted by molar-refractivity contribution is 0.439. The number of rotatable bonds is 4. The Labute approximate surface area is 144 Å². The van der Waals surface area contributed by atoms with E-state index in [0.29, 0.717) is 28.9 Å². The van der Waals surface area contributed by atoms with E-state index in [2.05, 4.69) is 10.3 Å². The van der Waals surface area contributed by atoms with Gasteiger partial charge in [-0.2, -0.15) is 5.10 Å². The molecule has 25 heavy (non-hydrogen) atoms. The summed E-state index contributed by atoms with van der Waals surface area (Å²) in [6, 6.07) is 19.5. The van der Waals surface area contributed by atoms with Crippen molar-refractivity contribution < 1.29 is 4.52 Å². The van der Waals surface area contributed by atoms with Gasteiger partial charge in [0.15, 0.2) is 11.3 Å². The standard InChI is InChI=1S/C20H17N3O2/c1-2-13-23-20(24)18-16(17(21-23)14-9-5-3-6-10-14)19(25-22-18)15-11-7-4-8-12-15/h3-12H,2,13H2,1H3.